The van der Waals surface area contributed by atoms with Crippen LogP contribution in [0.3, 0.4) is 0 Å². The van der Waals surface area contributed by atoms with Gasteiger partial charge in [0.25, 0.3) is 0 Å². The molecule has 0 saturated heterocycles. The highest BCUT2D eigenvalue weighted by molar-refractivity contribution is 7.26. The van der Waals surface area contributed by atoms with Crippen LogP contribution in [0.4, 0.5) is 0 Å². The molecule has 284 valence electrons. The third-order valence-corrected chi connectivity index (χ3v) is 14.9. The number of hydrogen-bond acceptors (Lipinski definition) is 1. The van der Waals surface area contributed by atoms with Crippen molar-refractivity contribution in [2.45, 2.75) is 38.0 Å². The largest absolute Gasteiger partial charge is 0.309 e. The van der Waals surface area contributed by atoms with E-state index in [2.05, 4.69) is 194 Å². The summed E-state index contributed by atoms with van der Waals surface area (Å²) in [6, 6.07) is 64.1. The fourth-order valence-corrected chi connectivity index (χ4v) is 12.1. The van der Waals surface area contributed by atoms with Gasteiger partial charge in [-0.3, -0.25) is 0 Å². The number of hydrogen-bond donors (Lipinski definition) is 0. The smallest absolute Gasteiger partial charge is 0.0541 e. The lowest BCUT2D eigenvalue weighted by molar-refractivity contribution is 0.870. The lowest BCUT2D eigenvalue weighted by atomic mass is 9.77. The molecule has 0 amide bonds. The van der Waals surface area contributed by atoms with E-state index in [1.165, 1.54) is 126 Å². The molecule has 0 spiro atoms. The molecular weight excluding hydrogens is 743 g/mol. The van der Waals surface area contributed by atoms with Crippen molar-refractivity contribution in [1.29, 1.82) is 0 Å². The van der Waals surface area contributed by atoms with E-state index >= 15 is 0 Å². The number of fused-ring (bicyclic) bond motifs is 12. The zero-order valence-corrected chi connectivity index (χ0v) is 34.3. The van der Waals surface area contributed by atoms with E-state index in [0.29, 0.717) is 11.8 Å². The van der Waals surface area contributed by atoms with Crippen LogP contribution in [0, 0.1) is 0 Å². The summed E-state index contributed by atoms with van der Waals surface area (Å²) in [5, 5.41) is 13.1. The molecule has 1 fully saturated rings. The zero-order chi connectivity index (χ0) is 39.5. The summed E-state index contributed by atoms with van der Waals surface area (Å²) in [6.45, 7) is 2.32. The van der Waals surface area contributed by atoms with Gasteiger partial charge < -0.3 is 4.57 Å². The van der Waals surface area contributed by atoms with Gasteiger partial charge in [0.2, 0.25) is 0 Å². The van der Waals surface area contributed by atoms with Crippen LogP contribution in [0.15, 0.2) is 188 Å². The van der Waals surface area contributed by atoms with Crippen molar-refractivity contribution in [3.05, 3.63) is 204 Å². The quantitative estimate of drug-likeness (QED) is 0.153. The molecule has 0 radical (unpaired) electrons. The van der Waals surface area contributed by atoms with Crippen LogP contribution in [0.5, 0.6) is 0 Å². The van der Waals surface area contributed by atoms with Crippen molar-refractivity contribution < 1.29 is 0 Å². The number of aromatic nitrogens is 1. The molecule has 1 nitrogen and oxygen atoms in total. The van der Waals surface area contributed by atoms with Crippen LogP contribution >= 0.6 is 11.3 Å². The molecule has 13 rings (SSSR count). The van der Waals surface area contributed by atoms with Crippen LogP contribution in [0.1, 0.15) is 54.7 Å². The highest BCUT2D eigenvalue weighted by Crippen LogP contribution is 2.51. The first-order chi connectivity index (χ1) is 29.7. The average molecular weight is 784 g/mol. The maximum atomic E-state index is 2.48. The van der Waals surface area contributed by atoms with Gasteiger partial charge in [-0.05, 0) is 140 Å². The van der Waals surface area contributed by atoms with E-state index in [9.17, 15) is 0 Å². The molecule has 0 aliphatic heterocycles. The summed E-state index contributed by atoms with van der Waals surface area (Å²) in [4.78, 5) is 0. The highest BCUT2D eigenvalue weighted by Gasteiger charge is 2.31. The Kier molecular flexibility index (Phi) is 7.47. The van der Waals surface area contributed by atoms with Crippen molar-refractivity contribution in [2.75, 3.05) is 0 Å². The summed E-state index contributed by atoms with van der Waals surface area (Å²) < 4.78 is 5.23. The minimum absolute atomic E-state index is 0.332. The second-order valence-electron chi connectivity index (χ2n) is 17.1. The van der Waals surface area contributed by atoms with Gasteiger partial charge in [-0.25, -0.2) is 0 Å². The van der Waals surface area contributed by atoms with Gasteiger partial charge >= 0.3 is 0 Å². The van der Waals surface area contributed by atoms with Crippen molar-refractivity contribution >= 4 is 91.2 Å². The van der Waals surface area contributed by atoms with E-state index in [1.807, 2.05) is 11.3 Å². The summed E-state index contributed by atoms with van der Waals surface area (Å²) >= 11 is 1.97. The molecular formula is C58H41NS. The molecule has 1 unspecified atom stereocenters. The van der Waals surface area contributed by atoms with Crippen LogP contribution in [-0.2, 0) is 0 Å². The molecule has 11 aromatic rings. The molecule has 60 heavy (non-hydrogen) atoms. The minimum Gasteiger partial charge on any atom is -0.309 e. The molecule has 2 aromatic heterocycles. The maximum absolute atomic E-state index is 2.48. The monoisotopic (exact) mass is 783 g/mol. The number of para-hydroxylation sites is 1. The molecule has 2 heteroatoms. The van der Waals surface area contributed by atoms with E-state index in [1.54, 1.807) is 5.56 Å². The standard InChI is InChI=1S/C58H41NS/c1-35-12-10-20-49(57(35)48-19-7-2-13-40(48)36-24-25-36)51-22-11-21-50-47-30-28-39(34-56(47)60-58(50)51)59-54-23-9-8-18-46(54)53-33-38(27-31-55(53)59)37-26-29-45-43-16-4-3-14-41(43)42-15-5-6-17-44(42)52(45)32-37/h2-19,21-23,26-34,36,49H,20,24-25H2,1H3. The Labute approximate surface area is 353 Å². The Balaban J connectivity index is 0.942. The molecule has 1 saturated carbocycles. The lowest BCUT2D eigenvalue weighted by Gasteiger charge is -2.27. The van der Waals surface area contributed by atoms with Gasteiger partial charge in [-0.15, -0.1) is 11.3 Å². The first-order valence-electron chi connectivity index (χ1n) is 21.5. The van der Waals surface area contributed by atoms with Gasteiger partial charge in [0, 0.05) is 42.6 Å². The van der Waals surface area contributed by atoms with E-state index in [0.717, 1.165) is 6.42 Å². The highest BCUT2D eigenvalue weighted by atomic mass is 32.1. The number of rotatable bonds is 5. The van der Waals surface area contributed by atoms with Crippen LogP contribution in [0.25, 0.3) is 96.7 Å². The fourth-order valence-electron chi connectivity index (χ4n) is 10.8. The first kappa shape index (κ1) is 34.2. The van der Waals surface area contributed by atoms with Crippen molar-refractivity contribution in [1.82, 2.24) is 4.57 Å². The van der Waals surface area contributed by atoms with Crippen LogP contribution in [-0.4, -0.2) is 4.57 Å². The van der Waals surface area contributed by atoms with E-state index in [4.69, 9.17) is 0 Å². The predicted octanol–water partition coefficient (Wildman–Crippen LogP) is 16.7. The normalized spacial score (nSPS) is 15.8. The third-order valence-electron chi connectivity index (χ3n) is 13.7. The second-order valence-corrected chi connectivity index (χ2v) is 18.1. The Morgan fingerprint density at radius 3 is 1.87 bits per heavy atom. The molecule has 9 aromatic carbocycles. The van der Waals surface area contributed by atoms with Crippen LogP contribution in [0.2, 0.25) is 0 Å². The number of thiophene rings is 1. The lowest BCUT2D eigenvalue weighted by Crippen LogP contribution is -2.08. The predicted molar refractivity (Wildman–Crippen MR) is 259 cm³/mol. The zero-order valence-electron chi connectivity index (χ0n) is 33.5. The van der Waals surface area contributed by atoms with Gasteiger partial charge in [-0.1, -0.05) is 146 Å². The van der Waals surface area contributed by atoms with Crippen molar-refractivity contribution in [3.63, 3.8) is 0 Å². The van der Waals surface area contributed by atoms with Gasteiger partial charge in [0.15, 0.2) is 0 Å². The topological polar surface area (TPSA) is 4.93 Å². The summed E-state index contributed by atoms with van der Waals surface area (Å²) in [6.07, 6.45) is 8.40. The molecule has 2 heterocycles. The van der Waals surface area contributed by atoms with Crippen LogP contribution < -0.4 is 0 Å². The van der Waals surface area contributed by atoms with Crippen molar-refractivity contribution in [3.8, 4) is 16.8 Å². The number of nitrogens with zero attached hydrogens (tertiary/aromatic N) is 1. The Morgan fingerprint density at radius 1 is 0.483 bits per heavy atom. The fraction of sp³-hybridized carbons (Fsp3) is 0.103. The second kappa shape index (κ2) is 13.1. The van der Waals surface area contributed by atoms with E-state index < -0.39 is 0 Å². The molecule has 0 bridgehead atoms. The van der Waals surface area contributed by atoms with Gasteiger partial charge in [-0.2, -0.15) is 0 Å². The summed E-state index contributed by atoms with van der Waals surface area (Å²) in [5.74, 6) is 1.04. The van der Waals surface area contributed by atoms with Gasteiger partial charge in [0.05, 0.1) is 11.0 Å². The first-order valence-corrected chi connectivity index (χ1v) is 22.3. The Hall–Kier alpha value is -6.74. The molecule has 1 atom stereocenters. The minimum atomic E-state index is 0.332. The Bertz CT molecular complexity index is 3630. The Morgan fingerprint density at radius 2 is 1.08 bits per heavy atom. The summed E-state index contributed by atoms with van der Waals surface area (Å²) in [5.41, 5.74) is 13.5. The SMILES string of the molecule is CC1=C(c2ccccc2C2CC2)C(c2cccc3c2sc2cc(-n4c5ccccc5c5cc(-c6ccc7c8ccccc8c8ccccc8c7c6)ccc54)ccc23)CC=C1. The van der Waals surface area contributed by atoms with E-state index in [-0.39, 0.29) is 0 Å². The number of benzene rings is 9. The maximum Gasteiger partial charge on any atom is 0.0541 e. The summed E-state index contributed by atoms with van der Waals surface area (Å²) in [7, 11) is 0. The number of allylic oxidation sites excluding steroid dienone is 4. The third kappa shape index (κ3) is 5.11. The molecule has 2 aliphatic carbocycles. The molecule has 2 aliphatic rings. The molecule has 0 N–H and O–H groups in total. The van der Waals surface area contributed by atoms with Crippen molar-refractivity contribution in [2.24, 2.45) is 0 Å². The average Bonchev–Trinajstić information content (AvgIpc) is 4.01. The van der Waals surface area contributed by atoms with Gasteiger partial charge in [0.1, 0.15) is 0 Å².